The van der Waals surface area contributed by atoms with Crippen molar-refractivity contribution in [2.45, 2.75) is 18.4 Å². The maximum atomic E-state index is 12.6. The minimum Gasteiger partial charge on any atom is -0.338 e. The van der Waals surface area contributed by atoms with E-state index in [2.05, 4.69) is 37.8 Å². The first-order valence-electron chi connectivity index (χ1n) is 8.90. The van der Waals surface area contributed by atoms with Crippen molar-refractivity contribution in [3.63, 3.8) is 0 Å². The lowest BCUT2D eigenvalue weighted by Gasteiger charge is -2.34. The second-order valence-corrected chi connectivity index (χ2v) is 8.25. The summed E-state index contributed by atoms with van der Waals surface area (Å²) in [7, 11) is 0. The number of hydrogen-bond donors (Lipinski definition) is 0. The first-order chi connectivity index (χ1) is 13.2. The molecule has 0 bridgehead atoms. The molecule has 1 aliphatic heterocycles. The van der Waals surface area contributed by atoms with Crippen molar-refractivity contribution >= 4 is 45.2 Å². The topological polar surface area (TPSA) is 75.1 Å². The zero-order valence-electron chi connectivity index (χ0n) is 15.0. The number of aryl methyl sites for hydroxylation is 1. The minimum absolute atomic E-state index is 0.145. The summed E-state index contributed by atoms with van der Waals surface area (Å²) >= 11 is 3.19. The van der Waals surface area contributed by atoms with Crippen LogP contribution in [0.3, 0.4) is 0 Å². The molecule has 0 aliphatic carbocycles. The van der Waals surface area contributed by atoms with Gasteiger partial charge in [0.25, 0.3) is 0 Å². The van der Waals surface area contributed by atoms with Gasteiger partial charge in [0.1, 0.15) is 16.2 Å². The van der Waals surface area contributed by atoms with Gasteiger partial charge in [-0.1, -0.05) is 18.7 Å². The fourth-order valence-corrected chi connectivity index (χ4v) is 4.88. The number of rotatable bonds is 5. The van der Waals surface area contributed by atoms with Crippen molar-refractivity contribution < 1.29 is 4.79 Å². The Morgan fingerprint density at radius 1 is 1.15 bits per heavy atom. The van der Waals surface area contributed by atoms with E-state index in [1.165, 1.54) is 16.6 Å². The summed E-state index contributed by atoms with van der Waals surface area (Å²) < 4.78 is 0. The lowest BCUT2D eigenvalue weighted by molar-refractivity contribution is -0.128. The predicted octanol–water partition coefficient (Wildman–Crippen LogP) is 2.48. The van der Waals surface area contributed by atoms with Crippen LogP contribution in [0.25, 0.3) is 10.2 Å². The van der Waals surface area contributed by atoms with Crippen LogP contribution in [0.2, 0.25) is 0 Å². The highest BCUT2D eigenvalue weighted by Gasteiger charge is 2.22. The van der Waals surface area contributed by atoms with Crippen LogP contribution >= 0.6 is 23.1 Å². The second kappa shape index (κ2) is 8.18. The van der Waals surface area contributed by atoms with Gasteiger partial charge >= 0.3 is 0 Å². The van der Waals surface area contributed by atoms with Gasteiger partial charge in [-0.3, -0.25) is 4.79 Å². The average molecular weight is 401 g/mol. The fourth-order valence-electron chi connectivity index (χ4n) is 3.00. The molecule has 140 valence electrons. The molecule has 4 rings (SSSR count). The van der Waals surface area contributed by atoms with Gasteiger partial charge in [0, 0.05) is 48.8 Å². The number of piperazine rings is 1. The summed E-state index contributed by atoms with van der Waals surface area (Å²) in [5.41, 5.74) is 0. The van der Waals surface area contributed by atoms with E-state index in [4.69, 9.17) is 0 Å². The number of thioether (sulfide) groups is 1. The Hall–Kier alpha value is -2.26. The molecule has 7 nitrogen and oxygen atoms in total. The van der Waals surface area contributed by atoms with E-state index in [-0.39, 0.29) is 5.91 Å². The number of nitrogens with zero attached hydrogens (tertiary/aromatic N) is 6. The second-order valence-electron chi connectivity index (χ2n) is 6.17. The highest BCUT2D eigenvalue weighted by molar-refractivity contribution is 8.00. The van der Waals surface area contributed by atoms with Gasteiger partial charge < -0.3 is 9.80 Å². The number of amides is 1. The Balaban J connectivity index is 1.35. The molecule has 0 N–H and O–H groups in total. The molecule has 1 aliphatic rings. The van der Waals surface area contributed by atoms with Crippen molar-refractivity contribution in [3.8, 4) is 0 Å². The number of hydrogen-bond acceptors (Lipinski definition) is 8. The molecule has 0 unspecified atom stereocenters. The molecule has 1 saturated heterocycles. The van der Waals surface area contributed by atoms with E-state index in [0.717, 1.165) is 40.7 Å². The number of fused-ring (bicyclic) bond motifs is 1. The Kier molecular flexibility index (Phi) is 5.49. The van der Waals surface area contributed by atoms with Crippen molar-refractivity contribution in [2.24, 2.45) is 0 Å². The van der Waals surface area contributed by atoms with Crippen LogP contribution in [0.4, 0.5) is 5.95 Å². The molecule has 0 saturated carbocycles. The van der Waals surface area contributed by atoms with Crippen LogP contribution in [-0.4, -0.2) is 62.7 Å². The molecule has 3 aromatic heterocycles. The van der Waals surface area contributed by atoms with E-state index in [1.54, 1.807) is 30.1 Å². The van der Waals surface area contributed by atoms with E-state index in [1.807, 2.05) is 11.0 Å². The lowest BCUT2D eigenvalue weighted by atomic mass is 10.3. The standard InChI is InChI=1S/C18H20N6OS2/c1-2-13-10-14-16(21-12-22-17(14)27-13)26-11-15(25)23-6-8-24(9-7-23)18-19-4-3-5-20-18/h3-5,10,12H,2,6-9,11H2,1H3. The Morgan fingerprint density at radius 3 is 2.67 bits per heavy atom. The Morgan fingerprint density at radius 2 is 1.93 bits per heavy atom. The molecule has 1 amide bonds. The summed E-state index contributed by atoms with van der Waals surface area (Å²) in [5.74, 6) is 1.27. The summed E-state index contributed by atoms with van der Waals surface area (Å²) in [4.78, 5) is 36.2. The molecule has 4 heterocycles. The third-order valence-electron chi connectivity index (χ3n) is 4.49. The van der Waals surface area contributed by atoms with Gasteiger partial charge in [-0.2, -0.15) is 0 Å². The molecule has 0 atom stereocenters. The molecule has 27 heavy (non-hydrogen) atoms. The zero-order chi connectivity index (χ0) is 18.6. The SMILES string of the molecule is CCc1cc2c(SCC(=O)N3CCN(c4ncccn4)CC3)ncnc2s1. The summed E-state index contributed by atoms with van der Waals surface area (Å²) in [5, 5.41) is 1.95. The van der Waals surface area contributed by atoms with Crippen LogP contribution < -0.4 is 4.90 Å². The average Bonchev–Trinajstić information content (AvgIpc) is 3.17. The maximum Gasteiger partial charge on any atom is 0.233 e. The number of thiophene rings is 1. The van der Waals surface area contributed by atoms with E-state index < -0.39 is 0 Å². The number of anilines is 1. The zero-order valence-corrected chi connectivity index (χ0v) is 16.7. The van der Waals surface area contributed by atoms with Gasteiger partial charge in [-0.25, -0.2) is 19.9 Å². The largest absolute Gasteiger partial charge is 0.338 e. The van der Waals surface area contributed by atoms with Gasteiger partial charge in [0.05, 0.1) is 5.75 Å². The third kappa shape index (κ3) is 4.03. The van der Waals surface area contributed by atoms with Gasteiger partial charge in [-0.15, -0.1) is 11.3 Å². The minimum atomic E-state index is 0.145. The molecular weight excluding hydrogens is 380 g/mol. The van der Waals surface area contributed by atoms with Crippen LogP contribution in [-0.2, 0) is 11.2 Å². The fraction of sp³-hybridized carbons (Fsp3) is 0.389. The van der Waals surface area contributed by atoms with Crippen molar-refractivity contribution in [2.75, 3.05) is 36.8 Å². The van der Waals surface area contributed by atoms with Crippen LogP contribution in [0.15, 0.2) is 35.9 Å². The first-order valence-corrected chi connectivity index (χ1v) is 10.7. The van der Waals surface area contributed by atoms with Crippen molar-refractivity contribution in [1.82, 2.24) is 24.8 Å². The van der Waals surface area contributed by atoms with Gasteiger partial charge in [0.2, 0.25) is 11.9 Å². The first kappa shape index (κ1) is 18.1. The smallest absolute Gasteiger partial charge is 0.233 e. The van der Waals surface area contributed by atoms with E-state index >= 15 is 0 Å². The van der Waals surface area contributed by atoms with E-state index in [0.29, 0.717) is 18.8 Å². The quantitative estimate of drug-likeness (QED) is 0.481. The maximum absolute atomic E-state index is 12.6. The van der Waals surface area contributed by atoms with Crippen LogP contribution in [0.5, 0.6) is 0 Å². The highest BCUT2D eigenvalue weighted by atomic mass is 32.2. The number of aromatic nitrogens is 4. The monoisotopic (exact) mass is 400 g/mol. The summed E-state index contributed by atoms with van der Waals surface area (Å²) in [6, 6.07) is 3.95. The Labute approximate surface area is 165 Å². The third-order valence-corrected chi connectivity index (χ3v) is 6.67. The van der Waals surface area contributed by atoms with Gasteiger partial charge in [-0.05, 0) is 18.6 Å². The lowest BCUT2D eigenvalue weighted by Crippen LogP contribution is -2.49. The number of carbonyl (C=O) groups is 1. The van der Waals surface area contributed by atoms with Crippen molar-refractivity contribution in [3.05, 3.63) is 35.7 Å². The normalized spacial score (nSPS) is 14.7. The molecule has 3 aromatic rings. The molecule has 0 aromatic carbocycles. The summed E-state index contributed by atoms with van der Waals surface area (Å²) in [6.07, 6.45) is 6.06. The number of carbonyl (C=O) groups excluding carboxylic acids is 1. The Bertz CT molecular complexity index is 924. The van der Waals surface area contributed by atoms with Gasteiger partial charge in [0.15, 0.2) is 0 Å². The van der Waals surface area contributed by atoms with Crippen LogP contribution in [0, 0.1) is 0 Å². The molecule has 0 spiro atoms. The summed E-state index contributed by atoms with van der Waals surface area (Å²) in [6.45, 7) is 5.02. The molecular formula is C18H20N6OS2. The highest BCUT2D eigenvalue weighted by Crippen LogP contribution is 2.31. The van der Waals surface area contributed by atoms with Crippen molar-refractivity contribution in [1.29, 1.82) is 0 Å². The van der Waals surface area contributed by atoms with Crippen LogP contribution in [0.1, 0.15) is 11.8 Å². The van der Waals surface area contributed by atoms with E-state index in [9.17, 15) is 4.79 Å². The molecule has 1 fully saturated rings. The molecule has 0 radical (unpaired) electrons. The predicted molar refractivity (Wildman–Crippen MR) is 108 cm³/mol. The molecule has 9 heteroatoms.